The molecule has 2 aromatic carbocycles. The van der Waals surface area contributed by atoms with Gasteiger partial charge in [-0.25, -0.2) is 4.39 Å². The molecule has 3 rings (SSSR count). The first kappa shape index (κ1) is 22.2. The second-order valence-corrected chi connectivity index (χ2v) is 7.07. The van der Waals surface area contributed by atoms with Gasteiger partial charge in [0.2, 0.25) is 0 Å². The van der Waals surface area contributed by atoms with Crippen molar-refractivity contribution >= 4 is 35.6 Å². The number of ether oxygens (including phenoxy) is 2. The third-order valence-electron chi connectivity index (χ3n) is 4.43. The van der Waals surface area contributed by atoms with E-state index in [0.717, 1.165) is 12.8 Å². The minimum Gasteiger partial charge on any atom is -0.490 e. The van der Waals surface area contributed by atoms with Gasteiger partial charge in [-0.15, -0.1) is 12.4 Å². The summed E-state index contributed by atoms with van der Waals surface area (Å²) in [6, 6.07) is 8.37. The predicted molar refractivity (Wildman–Crippen MR) is 106 cm³/mol. The summed E-state index contributed by atoms with van der Waals surface area (Å²) in [7, 11) is 0. The van der Waals surface area contributed by atoms with Gasteiger partial charge in [-0.05, 0) is 29.8 Å². The molecule has 148 valence electrons. The highest BCUT2D eigenvalue weighted by molar-refractivity contribution is 6.42. The van der Waals surface area contributed by atoms with Crippen molar-refractivity contribution in [3.05, 3.63) is 63.4 Å². The van der Waals surface area contributed by atoms with Crippen LogP contribution in [0.1, 0.15) is 36.1 Å². The Morgan fingerprint density at radius 2 is 1.81 bits per heavy atom. The van der Waals surface area contributed by atoms with Gasteiger partial charge >= 0.3 is 0 Å². The molecule has 1 saturated heterocycles. The summed E-state index contributed by atoms with van der Waals surface area (Å²) in [5.41, 5.74) is 6.75. The fourth-order valence-corrected chi connectivity index (χ4v) is 3.21. The van der Waals surface area contributed by atoms with Crippen molar-refractivity contribution in [2.75, 3.05) is 13.2 Å². The van der Waals surface area contributed by atoms with E-state index in [1.165, 1.54) is 12.1 Å². The van der Waals surface area contributed by atoms with Crippen LogP contribution in [0, 0.1) is 5.82 Å². The van der Waals surface area contributed by atoms with Gasteiger partial charge < -0.3 is 20.3 Å². The molecule has 1 heterocycles. The monoisotopic (exact) mass is 435 g/mol. The van der Waals surface area contributed by atoms with Gasteiger partial charge in [-0.2, -0.15) is 0 Å². The first-order valence-corrected chi connectivity index (χ1v) is 9.13. The van der Waals surface area contributed by atoms with Crippen LogP contribution in [0.15, 0.2) is 36.4 Å². The highest BCUT2D eigenvalue weighted by atomic mass is 35.5. The average Bonchev–Trinajstić information content (AvgIpc) is 2.64. The van der Waals surface area contributed by atoms with Crippen molar-refractivity contribution in [3.63, 3.8) is 0 Å². The third kappa shape index (κ3) is 5.47. The molecule has 1 fully saturated rings. The van der Waals surface area contributed by atoms with Gasteiger partial charge in [0.25, 0.3) is 0 Å². The van der Waals surface area contributed by atoms with Crippen molar-refractivity contribution in [1.82, 2.24) is 0 Å². The smallest absolute Gasteiger partial charge is 0.132 e. The summed E-state index contributed by atoms with van der Waals surface area (Å²) >= 11 is 11.9. The summed E-state index contributed by atoms with van der Waals surface area (Å²) in [6.45, 7) is 1.28. The normalized spacial score (nSPS) is 17.1. The first-order chi connectivity index (χ1) is 12.5. The Morgan fingerprint density at radius 1 is 1.11 bits per heavy atom. The number of benzene rings is 2. The van der Waals surface area contributed by atoms with E-state index in [2.05, 4.69) is 0 Å². The molecule has 0 saturated carbocycles. The molecule has 0 radical (unpaired) electrons. The van der Waals surface area contributed by atoms with Crippen molar-refractivity contribution in [2.24, 2.45) is 5.73 Å². The van der Waals surface area contributed by atoms with Gasteiger partial charge in [0.1, 0.15) is 23.8 Å². The standard InChI is InChI=1S/C19H20Cl2FNO3.ClH/c20-15-4-1-11(9-16(15)21)18(23)19(24)14-3-2-13(10-17(14)22)26-12-5-7-25-8-6-12;/h1-4,9-10,12,18-19,24H,5-8,23H2;1H/t18-,19+;/m1./s1. The molecule has 1 aliphatic rings. The van der Waals surface area contributed by atoms with Crippen LogP contribution in [0.4, 0.5) is 4.39 Å². The van der Waals surface area contributed by atoms with E-state index in [4.69, 9.17) is 38.4 Å². The number of aliphatic hydroxyl groups is 1. The highest BCUT2D eigenvalue weighted by Gasteiger charge is 2.23. The van der Waals surface area contributed by atoms with Crippen LogP contribution in [0.5, 0.6) is 5.75 Å². The van der Waals surface area contributed by atoms with Gasteiger partial charge in [-0.3, -0.25) is 0 Å². The molecule has 8 heteroatoms. The fraction of sp³-hybridized carbons (Fsp3) is 0.368. The lowest BCUT2D eigenvalue weighted by molar-refractivity contribution is 0.0254. The fourth-order valence-electron chi connectivity index (χ4n) is 2.90. The zero-order valence-electron chi connectivity index (χ0n) is 14.4. The van der Waals surface area contributed by atoms with Gasteiger partial charge in [0, 0.05) is 24.5 Å². The largest absolute Gasteiger partial charge is 0.490 e. The lowest BCUT2D eigenvalue weighted by atomic mass is 9.96. The van der Waals surface area contributed by atoms with Crippen LogP contribution in [0.3, 0.4) is 0 Å². The van der Waals surface area contributed by atoms with Crippen molar-refractivity contribution in [1.29, 1.82) is 0 Å². The number of hydrogen-bond acceptors (Lipinski definition) is 4. The van der Waals surface area contributed by atoms with Gasteiger partial charge in [-0.1, -0.05) is 29.3 Å². The molecule has 0 bridgehead atoms. The highest BCUT2D eigenvalue weighted by Crippen LogP contribution is 2.33. The molecule has 3 N–H and O–H groups in total. The third-order valence-corrected chi connectivity index (χ3v) is 5.17. The summed E-state index contributed by atoms with van der Waals surface area (Å²) in [4.78, 5) is 0. The van der Waals surface area contributed by atoms with Gasteiger partial charge in [0.05, 0.1) is 29.3 Å². The SMILES string of the molecule is Cl.N[C@H](c1ccc(Cl)c(Cl)c1)[C@@H](O)c1ccc(OC2CCOCC2)cc1F. The Hall–Kier alpha value is -1.08. The van der Waals surface area contributed by atoms with Crippen LogP contribution in [0.25, 0.3) is 0 Å². The Labute approximate surface area is 173 Å². The van der Waals surface area contributed by atoms with Crippen molar-refractivity contribution in [2.45, 2.75) is 31.1 Å². The molecule has 0 aromatic heterocycles. The molecule has 27 heavy (non-hydrogen) atoms. The van der Waals surface area contributed by atoms with E-state index in [1.807, 2.05) is 0 Å². The first-order valence-electron chi connectivity index (χ1n) is 8.38. The van der Waals surface area contributed by atoms with Crippen LogP contribution < -0.4 is 10.5 Å². The molecule has 2 atom stereocenters. The van der Waals surface area contributed by atoms with Crippen LogP contribution >= 0.6 is 35.6 Å². The Kier molecular flexibility index (Phi) is 8.16. The summed E-state index contributed by atoms with van der Waals surface area (Å²) < 4.78 is 25.6. The molecule has 4 nitrogen and oxygen atoms in total. The number of aliphatic hydroxyl groups excluding tert-OH is 1. The summed E-state index contributed by atoms with van der Waals surface area (Å²) in [5.74, 6) is -0.147. The minimum absolute atomic E-state index is 0. The van der Waals surface area contributed by atoms with Crippen LogP contribution in [-0.4, -0.2) is 24.4 Å². The molecule has 0 amide bonds. The van der Waals surface area contributed by atoms with E-state index in [0.29, 0.717) is 34.6 Å². The molecular weight excluding hydrogens is 416 g/mol. The zero-order valence-corrected chi connectivity index (χ0v) is 16.7. The van der Waals surface area contributed by atoms with E-state index in [-0.39, 0.29) is 24.1 Å². The van der Waals surface area contributed by atoms with E-state index < -0.39 is 18.0 Å². The van der Waals surface area contributed by atoms with Crippen LogP contribution in [0.2, 0.25) is 10.0 Å². The molecule has 0 aliphatic carbocycles. The second kappa shape index (κ2) is 9.92. The van der Waals surface area contributed by atoms with E-state index >= 15 is 0 Å². The average molecular weight is 437 g/mol. The predicted octanol–water partition coefficient (Wildman–Crippen LogP) is 4.85. The van der Waals surface area contributed by atoms with E-state index in [9.17, 15) is 9.50 Å². The summed E-state index contributed by atoms with van der Waals surface area (Å²) in [5, 5.41) is 11.2. The molecule has 2 aromatic rings. The molecule has 0 spiro atoms. The Balaban J connectivity index is 0.00000261. The Morgan fingerprint density at radius 3 is 2.44 bits per heavy atom. The molecule has 1 aliphatic heterocycles. The minimum atomic E-state index is -1.23. The van der Waals surface area contributed by atoms with Crippen molar-refractivity contribution < 1.29 is 19.0 Å². The van der Waals surface area contributed by atoms with Gasteiger partial charge in [0.15, 0.2) is 0 Å². The zero-order chi connectivity index (χ0) is 18.7. The maximum absolute atomic E-state index is 14.5. The molecular formula is C19H21Cl3FNO3. The quantitative estimate of drug-likeness (QED) is 0.703. The summed E-state index contributed by atoms with van der Waals surface area (Å²) in [6.07, 6.45) is 0.323. The van der Waals surface area contributed by atoms with Crippen LogP contribution in [-0.2, 0) is 4.74 Å². The Bertz CT molecular complexity index is 772. The maximum Gasteiger partial charge on any atom is 0.132 e. The van der Waals surface area contributed by atoms with E-state index in [1.54, 1.807) is 24.3 Å². The number of rotatable bonds is 5. The number of halogens is 4. The maximum atomic E-state index is 14.5. The second-order valence-electron chi connectivity index (χ2n) is 6.26. The lowest BCUT2D eigenvalue weighted by Crippen LogP contribution is -2.26. The topological polar surface area (TPSA) is 64.7 Å². The number of hydrogen-bond donors (Lipinski definition) is 2. The van der Waals surface area contributed by atoms with Crippen molar-refractivity contribution in [3.8, 4) is 5.75 Å². The number of nitrogens with two attached hydrogens (primary N) is 1. The molecule has 0 unspecified atom stereocenters. The lowest BCUT2D eigenvalue weighted by Gasteiger charge is -2.24.